The first kappa shape index (κ1) is 20.8. The van der Waals surface area contributed by atoms with Crippen LogP contribution in [0.2, 0.25) is 0 Å². The van der Waals surface area contributed by atoms with Gasteiger partial charge in [0.05, 0.1) is 6.21 Å². The van der Waals surface area contributed by atoms with Crippen LogP contribution in [-0.4, -0.2) is 16.7 Å². The number of furan rings is 1. The molecule has 2 aromatic heterocycles. The summed E-state index contributed by atoms with van der Waals surface area (Å²) in [5.74, 6) is -0.143. The number of benzene rings is 3. The fourth-order valence-corrected chi connectivity index (χ4v) is 4.32. The van der Waals surface area contributed by atoms with Crippen molar-refractivity contribution in [3.8, 4) is 5.69 Å². The van der Waals surface area contributed by atoms with Crippen molar-refractivity contribution < 1.29 is 9.21 Å². The van der Waals surface area contributed by atoms with Gasteiger partial charge in [-0.3, -0.25) is 4.79 Å². The number of aromatic nitrogens is 1. The van der Waals surface area contributed by atoms with Gasteiger partial charge < -0.3 is 8.98 Å². The normalized spacial score (nSPS) is 11.6. The lowest BCUT2D eigenvalue weighted by Gasteiger charge is -2.10. The molecule has 3 aromatic carbocycles. The molecule has 164 valence electrons. The van der Waals surface area contributed by atoms with Gasteiger partial charge in [-0.15, -0.1) is 0 Å². The molecule has 0 atom stereocenters. The molecule has 1 amide bonds. The minimum absolute atomic E-state index is 0.236. The van der Waals surface area contributed by atoms with Gasteiger partial charge in [0.1, 0.15) is 5.58 Å². The third-order valence-electron chi connectivity index (χ3n) is 6.09. The molecule has 0 spiro atoms. The highest BCUT2D eigenvalue weighted by Gasteiger charge is 2.14. The lowest BCUT2D eigenvalue weighted by atomic mass is 10.1. The second kappa shape index (κ2) is 8.43. The average molecular weight is 436 g/mol. The maximum atomic E-state index is 12.7. The predicted octanol–water partition coefficient (Wildman–Crippen LogP) is 6.32. The van der Waals surface area contributed by atoms with Crippen LogP contribution in [0.4, 0.5) is 0 Å². The zero-order chi connectivity index (χ0) is 22.9. The summed E-state index contributed by atoms with van der Waals surface area (Å²) in [6.07, 6.45) is 2.69. The summed E-state index contributed by atoms with van der Waals surface area (Å²) < 4.78 is 7.96. The van der Waals surface area contributed by atoms with E-state index < -0.39 is 0 Å². The average Bonchev–Trinajstić information content (AvgIpc) is 3.40. The van der Waals surface area contributed by atoms with E-state index in [1.54, 1.807) is 12.3 Å². The number of nitrogens with one attached hydrogen (secondary N) is 1. The molecule has 0 bridgehead atoms. The number of fused-ring (bicyclic) bond motifs is 3. The van der Waals surface area contributed by atoms with Crippen LogP contribution in [0.1, 0.15) is 40.0 Å². The summed E-state index contributed by atoms with van der Waals surface area (Å²) in [6.45, 7) is 6.27. The van der Waals surface area contributed by atoms with Crippen molar-refractivity contribution in [1.29, 1.82) is 0 Å². The molecule has 0 unspecified atom stereocenters. The third kappa shape index (κ3) is 3.82. The number of aryl methyl sites for hydroxylation is 2. The minimum Gasteiger partial charge on any atom is -0.451 e. The topological polar surface area (TPSA) is 59.5 Å². The van der Waals surface area contributed by atoms with Gasteiger partial charge in [0, 0.05) is 28.0 Å². The van der Waals surface area contributed by atoms with E-state index in [-0.39, 0.29) is 11.7 Å². The SMILES string of the molecule is CCc1ccc(-n2c(C)cc(/C=N\NC(=O)c3cc4c(ccc5ccccc54)o3)c2C)cc1. The Morgan fingerprint density at radius 2 is 1.79 bits per heavy atom. The van der Waals surface area contributed by atoms with Gasteiger partial charge in [0.2, 0.25) is 0 Å². The Morgan fingerprint density at radius 1 is 1.00 bits per heavy atom. The van der Waals surface area contributed by atoms with Gasteiger partial charge in [0.25, 0.3) is 0 Å². The maximum absolute atomic E-state index is 12.7. The summed E-state index contributed by atoms with van der Waals surface area (Å²) in [4.78, 5) is 12.7. The predicted molar refractivity (Wildman–Crippen MR) is 133 cm³/mol. The van der Waals surface area contributed by atoms with E-state index >= 15 is 0 Å². The van der Waals surface area contributed by atoms with Crippen LogP contribution >= 0.6 is 0 Å². The molecule has 1 N–H and O–H groups in total. The van der Waals surface area contributed by atoms with Crippen LogP contribution in [0.15, 0.2) is 82.3 Å². The third-order valence-corrected chi connectivity index (χ3v) is 6.09. The van der Waals surface area contributed by atoms with Crippen LogP contribution in [-0.2, 0) is 6.42 Å². The first-order chi connectivity index (χ1) is 16.0. The summed E-state index contributed by atoms with van der Waals surface area (Å²) in [6, 6.07) is 24.3. The van der Waals surface area contributed by atoms with E-state index in [0.717, 1.165) is 45.2 Å². The van der Waals surface area contributed by atoms with E-state index in [2.05, 4.69) is 59.3 Å². The molecule has 0 aliphatic carbocycles. The molecule has 0 saturated carbocycles. The summed E-state index contributed by atoms with van der Waals surface area (Å²) in [5.41, 5.74) is 8.81. The van der Waals surface area contributed by atoms with Gasteiger partial charge >= 0.3 is 5.91 Å². The highest BCUT2D eigenvalue weighted by atomic mass is 16.3. The van der Waals surface area contributed by atoms with Crippen LogP contribution in [0.25, 0.3) is 27.4 Å². The number of hydrogen-bond donors (Lipinski definition) is 1. The fourth-order valence-electron chi connectivity index (χ4n) is 4.32. The second-order valence-corrected chi connectivity index (χ2v) is 8.19. The molecule has 33 heavy (non-hydrogen) atoms. The van der Waals surface area contributed by atoms with Gasteiger partial charge in [-0.05, 0) is 66.9 Å². The van der Waals surface area contributed by atoms with Crippen LogP contribution in [0.3, 0.4) is 0 Å². The molecular weight excluding hydrogens is 410 g/mol. The van der Waals surface area contributed by atoms with Gasteiger partial charge in [-0.25, -0.2) is 5.43 Å². The Hall–Kier alpha value is -4.12. The Bertz CT molecular complexity index is 1500. The number of amides is 1. The number of hydrazone groups is 1. The van der Waals surface area contributed by atoms with Crippen LogP contribution in [0, 0.1) is 13.8 Å². The Labute approximate surface area is 192 Å². The van der Waals surface area contributed by atoms with Crippen molar-refractivity contribution in [3.05, 3.63) is 101 Å². The summed E-state index contributed by atoms with van der Waals surface area (Å²) in [7, 11) is 0. The monoisotopic (exact) mass is 435 g/mol. The van der Waals surface area contributed by atoms with Crippen molar-refractivity contribution in [2.24, 2.45) is 5.10 Å². The van der Waals surface area contributed by atoms with Crippen molar-refractivity contribution in [3.63, 3.8) is 0 Å². The molecule has 0 aliphatic heterocycles. The Balaban J connectivity index is 1.36. The van der Waals surface area contributed by atoms with Gasteiger partial charge in [0.15, 0.2) is 5.76 Å². The Kier molecular flexibility index (Phi) is 5.31. The molecule has 0 saturated heterocycles. The van der Waals surface area contributed by atoms with E-state index in [1.807, 2.05) is 43.3 Å². The number of nitrogens with zero attached hydrogens (tertiary/aromatic N) is 2. The number of carbonyl (C=O) groups excluding carboxylic acids is 1. The lowest BCUT2D eigenvalue weighted by Crippen LogP contribution is -2.16. The molecule has 5 rings (SSSR count). The highest BCUT2D eigenvalue weighted by molar-refractivity contribution is 6.08. The smallest absolute Gasteiger partial charge is 0.307 e. The van der Waals surface area contributed by atoms with Crippen molar-refractivity contribution in [2.75, 3.05) is 0 Å². The maximum Gasteiger partial charge on any atom is 0.307 e. The van der Waals surface area contributed by atoms with Crippen molar-refractivity contribution >= 4 is 33.9 Å². The molecule has 0 fully saturated rings. The zero-order valence-electron chi connectivity index (χ0n) is 18.9. The first-order valence-corrected chi connectivity index (χ1v) is 11.1. The van der Waals surface area contributed by atoms with Crippen molar-refractivity contribution in [2.45, 2.75) is 27.2 Å². The van der Waals surface area contributed by atoms with E-state index in [9.17, 15) is 4.79 Å². The largest absolute Gasteiger partial charge is 0.451 e. The molecule has 5 nitrogen and oxygen atoms in total. The quantitative estimate of drug-likeness (QED) is 0.259. The number of hydrogen-bond acceptors (Lipinski definition) is 3. The van der Waals surface area contributed by atoms with E-state index in [4.69, 9.17) is 4.42 Å². The lowest BCUT2D eigenvalue weighted by molar-refractivity contribution is 0.0929. The minimum atomic E-state index is -0.379. The summed E-state index contributed by atoms with van der Waals surface area (Å²) in [5, 5.41) is 7.27. The summed E-state index contributed by atoms with van der Waals surface area (Å²) >= 11 is 0. The second-order valence-electron chi connectivity index (χ2n) is 8.19. The van der Waals surface area contributed by atoms with Crippen molar-refractivity contribution in [1.82, 2.24) is 9.99 Å². The molecular formula is C28H25N3O2. The van der Waals surface area contributed by atoms with Crippen LogP contribution in [0.5, 0.6) is 0 Å². The molecule has 5 aromatic rings. The Morgan fingerprint density at radius 3 is 2.58 bits per heavy atom. The first-order valence-electron chi connectivity index (χ1n) is 11.1. The number of rotatable bonds is 5. The fraction of sp³-hybridized carbons (Fsp3) is 0.143. The molecule has 0 aliphatic rings. The van der Waals surface area contributed by atoms with Crippen LogP contribution < -0.4 is 5.43 Å². The highest BCUT2D eigenvalue weighted by Crippen LogP contribution is 2.28. The number of carbonyl (C=O) groups is 1. The zero-order valence-corrected chi connectivity index (χ0v) is 18.9. The molecule has 5 heteroatoms. The molecule has 2 heterocycles. The van der Waals surface area contributed by atoms with Gasteiger partial charge in [-0.1, -0.05) is 49.4 Å². The standard InChI is InChI=1S/C28H25N3O2/c1-4-20-9-12-23(13-10-20)31-18(2)15-22(19(31)3)17-29-30-28(32)27-16-25-24-8-6-5-7-21(24)11-14-26(25)33-27/h5-17H,4H2,1-3H3,(H,30,32)/b29-17-. The molecule has 0 radical (unpaired) electrons. The van der Waals surface area contributed by atoms with E-state index in [0.29, 0.717) is 5.58 Å². The van der Waals surface area contributed by atoms with Gasteiger partial charge in [-0.2, -0.15) is 5.10 Å². The van der Waals surface area contributed by atoms with E-state index in [1.165, 1.54) is 5.56 Å².